The summed E-state index contributed by atoms with van der Waals surface area (Å²) in [6.07, 6.45) is 11.5. The van der Waals surface area contributed by atoms with E-state index in [0.29, 0.717) is 3.63 Å². The van der Waals surface area contributed by atoms with Gasteiger partial charge in [0.15, 0.2) is 0 Å². The molecule has 2 nitrogen and oxygen atoms in total. The van der Waals surface area contributed by atoms with E-state index < -0.39 is 23.2 Å². The van der Waals surface area contributed by atoms with Crippen molar-refractivity contribution in [1.82, 2.24) is 9.78 Å². The molecule has 0 spiro atoms. The molecule has 1 atom stereocenters. The molecule has 2 aliphatic carbocycles. The summed E-state index contributed by atoms with van der Waals surface area (Å²) >= 11 is -0.902. The van der Waals surface area contributed by atoms with Gasteiger partial charge < -0.3 is 24.8 Å². The van der Waals surface area contributed by atoms with Crippen LogP contribution in [0.4, 0.5) is 0 Å². The van der Waals surface area contributed by atoms with Gasteiger partial charge in [-0.25, -0.2) is 0 Å². The first-order chi connectivity index (χ1) is 15.3. The van der Waals surface area contributed by atoms with E-state index in [2.05, 4.69) is 108 Å². The molecule has 162 valence electrons. The maximum Gasteiger partial charge on any atom is -1.00 e. The van der Waals surface area contributed by atoms with E-state index >= 15 is 0 Å². The molecule has 3 aromatic carbocycles. The van der Waals surface area contributed by atoms with Gasteiger partial charge in [-0.1, -0.05) is 0 Å². The molecule has 1 unspecified atom stereocenters. The molecule has 2 aliphatic rings. The van der Waals surface area contributed by atoms with E-state index in [1.54, 1.807) is 8.85 Å². The van der Waals surface area contributed by atoms with Gasteiger partial charge in [-0.05, 0) is 0 Å². The van der Waals surface area contributed by atoms with Crippen LogP contribution < -0.4 is 24.8 Å². The number of hydrogen-bond acceptors (Lipinski definition) is 1. The summed E-state index contributed by atoms with van der Waals surface area (Å²) in [7, 11) is 0. The van der Waals surface area contributed by atoms with Gasteiger partial charge in [0.05, 0.1) is 0 Å². The Morgan fingerprint density at radius 2 is 1.64 bits per heavy atom. The molecule has 1 heterocycles. The van der Waals surface area contributed by atoms with E-state index in [1.165, 1.54) is 27.8 Å². The first kappa shape index (κ1) is 24.0. The number of hydrogen-bond donors (Lipinski definition) is 0. The predicted molar refractivity (Wildman–Crippen MR) is 124 cm³/mol. The topological polar surface area (TPSA) is 17.8 Å². The first-order valence-corrected chi connectivity index (χ1v) is 13.4. The maximum atomic E-state index is 4.93. The van der Waals surface area contributed by atoms with Crippen LogP contribution in [0.15, 0.2) is 106 Å². The number of fused-ring (bicyclic) bond motifs is 2. The zero-order valence-electron chi connectivity index (χ0n) is 18.0. The molecule has 0 radical (unpaired) electrons. The zero-order valence-corrected chi connectivity index (χ0v) is 21.9. The average molecular weight is 549 g/mol. The molecule has 0 N–H and O–H groups in total. The Morgan fingerprint density at radius 3 is 2.48 bits per heavy atom. The molecule has 0 fully saturated rings. The van der Waals surface area contributed by atoms with E-state index in [0.717, 1.165) is 18.4 Å². The largest absolute Gasteiger partial charge is 1.00 e. The molecule has 0 aliphatic heterocycles. The maximum absolute atomic E-state index is 4.93. The van der Waals surface area contributed by atoms with E-state index in [-0.39, 0.29) is 24.8 Å². The molecule has 5 heteroatoms. The standard InChI is InChI=1S/C16H11N2.C12H11.2ClH.Zr/c1-2-6-13-10-15(9-12(13)5-1)18-11-14-7-3-4-8-16(14)17-18;1-2-6-11(7-3-1)10-12-8-4-5-9-12;;;/h1-11H;1-4,6-8H,5,10H2;2*1H;/q;;;;+2/p-2. The van der Waals surface area contributed by atoms with Crippen molar-refractivity contribution in [2.75, 3.05) is 0 Å². The van der Waals surface area contributed by atoms with E-state index in [4.69, 9.17) is 5.10 Å². The summed E-state index contributed by atoms with van der Waals surface area (Å²) in [5, 5.41) is 6.14. The monoisotopic (exact) mass is 546 g/mol. The SMILES string of the molecule is C1=CC(Cc2ccccc2)=[C]([Zr+2][CH]2C(n3cc4ccccc4n3)=Cc3ccccc32)C1.[Cl-].[Cl-]. The first-order valence-electron chi connectivity index (χ1n) is 10.8. The number of aromatic nitrogens is 2. The molecule has 0 bridgehead atoms. The third-order valence-electron chi connectivity index (χ3n) is 6.17. The molecule has 6 rings (SSSR count). The van der Waals surface area contributed by atoms with Crippen molar-refractivity contribution in [3.63, 3.8) is 0 Å². The van der Waals surface area contributed by atoms with Gasteiger partial charge in [0, 0.05) is 0 Å². The van der Waals surface area contributed by atoms with Crippen LogP contribution in [-0.4, -0.2) is 9.78 Å². The van der Waals surface area contributed by atoms with Crippen LogP contribution in [0.25, 0.3) is 22.7 Å². The summed E-state index contributed by atoms with van der Waals surface area (Å²) in [4.78, 5) is 0. The zero-order chi connectivity index (χ0) is 20.6. The molecule has 0 saturated carbocycles. The molecular weight excluding hydrogens is 526 g/mol. The minimum atomic E-state index is -0.902. The molecule has 4 aromatic rings. The number of nitrogens with zero attached hydrogens (tertiary/aromatic N) is 2. The Bertz CT molecular complexity index is 1340. The van der Waals surface area contributed by atoms with Crippen LogP contribution >= 0.6 is 0 Å². The van der Waals surface area contributed by atoms with Gasteiger partial charge in [0.25, 0.3) is 0 Å². The second-order valence-corrected chi connectivity index (χ2v) is 11.8. The van der Waals surface area contributed by atoms with Crippen molar-refractivity contribution in [3.8, 4) is 0 Å². The van der Waals surface area contributed by atoms with Crippen molar-refractivity contribution in [2.24, 2.45) is 0 Å². The van der Waals surface area contributed by atoms with Gasteiger partial charge in [-0.15, -0.1) is 0 Å². The number of allylic oxidation sites excluding steroid dienone is 5. The van der Waals surface area contributed by atoms with Crippen molar-refractivity contribution >= 4 is 22.7 Å². The summed E-state index contributed by atoms with van der Waals surface area (Å²) in [6, 6.07) is 28.2. The Labute approximate surface area is 218 Å². The summed E-state index contributed by atoms with van der Waals surface area (Å²) in [5.74, 6) is 0. The van der Waals surface area contributed by atoms with Crippen LogP contribution in [0.3, 0.4) is 0 Å². The number of halogens is 2. The second-order valence-electron chi connectivity index (χ2n) is 8.18. The molecule has 1 aromatic heterocycles. The van der Waals surface area contributed by atoms with Crippen LogP contribution in [-0.2, 0) is 29.7 Å². The van der Waals surface area contributed by atoms with Crippen molar-refractivity contribution in [3.05, 3.63) is 123 Å². The Hall–Kier alpha value is -2.19. The second kappa shape index (κ2) is 10.4. The number of rotatable bonds is 5. The molecule has 0 amide bonds. The Kier molecular flexibility index (Phi) is 7.54. The van der Waals surface area contributed by atoms with Crippen molar-refractivity contribution < 1.29 is 48.0 Å². The van der Waals surface area contributed by atoms with Crippen molar-refractivity contribution in [1.29, 1.82) is 0 Å². The summed E-state index contributed by atoms with van der Waals surface area (Å²) in [6.45, 7) is 0. The molecular formula is C28H22Cl2N2Zr. The van der Waals surface area contributed by atoms with Gasteiger partial charge in [0.1, 0.15) is 0 Å². The van der Waals surface area contributed by atoms with Crippen LogP contribution in [0.1, 0.15) is 26.7 Å². The van der Waals surface area contributed by atoms with Gasteiger partial charge in [-0.2, -0.15) is 0 Å². The Morgan fingerprint density at radius 1 is 0.879 bits per heavy atom. The van der Waals surface area contributed by atoms with Crippen LogP contribution in [0.5, 0.6) is 0 Å². The van der Waals surface area contributed by atoms with Gasteiger partial charge in [-0.3, -0.25) is 0 Å². The van der Waals surface area contributed by atoms with E-state index in [1.807, 2.05) is 0 Å². The molecule has 33 heavy (non-hydrogen) atoms. The smallest absolute Gasteiger partial charge is 1.00 e. The fraction of sp³-hybridized carbons (Fsp3) is 0.107. The van der Waals surface area contributed by atoms with Gasteiger partial charge in [0.2, 0.25) is 0 Å². The van der Waals surface area contributed by atoms with Gasteiger partial charge >= 0.3 is 195 Å². The molecule has 0 saturated heterocycles. The van der Waals surface area contributed by atoms with Crippen LogP contribution in [0, 0.1) is 0 Å². The third kappa shape index (κ3) is 4.73. The normalized spacial score (nSPS) is 16.1. The fourth-order valence-electron chi connectivity index (χ4n) is 4.61. The summed E-state index contributed by atoms with van der Waals surface area (Å²) in [5.41, 5.74) is 8.22. The van der Waals surface area contributed by atoms with Crippen molar-refractivity contribution in [2.45, 2.75) is 16.5 Å². The minimum Gasteiger partial charge on any atom is -1.00 e. The fourth-order valence-corrected chi connectivity index (χ4v) is 8.85. The van der Waals surface area contributed by atoms with E-state index in [9.17, 15) is 0 Å². The Balaban J connectivity index is 0.00000130. The quantitative estimate of drug-likeness (QED) is 0.358. The summed E-state index contributed by atoms with van der Waals surface area (Å²) < 4.78 is 4.36. The average Bonchev–Trinajstić information content (AvgIpc) is 3.52. The van der Waals surface area contributed by atoms with Crippen LogP contribution in [0.2, 0.25) is 0 Å². The minimum absolute atomic E-state index is 0. The predicted octanol–water partition coefficient (Wildman–Crippen LogP) is 0.636. The number of benzene rings is 3. The third-order valence-corrected chi connectivity index (χ3v) is 10.5.